The van der Waals surface area contributed by atoms with E-state index in [0.29, 0.717) is 18.3 Å². The molecule has 4 nitrogen and oxygen atoms in total. The number of fused-ring (bicyclic) bond motifs is 1. The number of hydrogen-bond acceptors (Lipinski definition) is 3. The summed E-state index contributed by atoms with van der Waals surface area (Å²) in [6.45, 7) is 1.80. The maximum atomic E-state index is 12.1. The van der Waals surface area contributed by atoms with Gasteiger partial charge in [-0.25, -0.2) is 4.98 Å². The number of rotatable bonds is 4. The number of hydrogen-bond donors (Lipinski definition) is 2. The number of benzene rings is 1. The second kappa shape index (κ2) is 6.01. The first-order valence-electron chi connectivity index (χ1n) is 7.20. The Morgan fingerprint density at radius 2 is 2.20 bits per heavy atom. The number of nitrogens with zero attached hydrogens (tertiary/aromatic N) is 1. The molecule has 1 aliphatic rings. The Morgan fingerprint density at radius 3 is 3.05 bits per heavy atom. The van der Waals surface area contributed by atoms with Gasteiger partial charge < -0.3 is 10.6 Å². The summed E-state index contributed by atoms with van der Waals surface area (Å²) in [5.41, 5.74) is 1.35. The van der Waals surface area contributed by atoms with E-state index in [-0.39, 0.29) is 5.91 Å². The lowest BCUT2D eigenvalue weighted by atomic mass is 10.1. The van der Waals surface area contributed by atoms with Crippen LogP contribution in [0.15, 0.2) is 36.4 Å². The molecule has 2 aromatic rings. The molecular weight excluding hydrogens is 250 g/mol. The third-order valence-electron chi connectivity index (χ3n) is 3.77. The fourth-order valence-electron chi connectivity index (χ4n) is 2.65. The van der Waals surface area contributed by atoms with Crippen molar-refractivity contribution in [3.05, 3.63) is 42.1 Å². The van der Waals surface area contributed by atoms with E-state index in [1.165, 1.54) is 12.8 Å². The number of para-hydroxylation sites is 1. The van der Waals surface area contributed by atoms with E-state index in [1.807, 2.05) is 30.3 Å². The van der Waals surface area contributed by atoms with Crippen molar-refractivity contribution in [2.24, 2.45) is 0 Å². The Kier molecular flexibility index (Phi) is 3.92. The highest BCUT2D eigenvalue weighted by molar-refractivity contribution is 5.94. The van der Waals surface area contributed by atoms with Crippen molar-refractivity contribution < 1.29 is 4.79 Å². The summed E-state index contributed by atoms with van der Waals surface area (Å²) in [6.07, 6.45) is 3.44. The predicted molar refractivity (Wildman–Crippen MR) is 79.7 cm³/mol. The van der Waals surface area contributed by atoms with Gasteiger partial charge in [0.05, 0.1) is 5.52 Å². The minimum Gasteiger partial charge on any atom is -0.351 e. The van der Waals surface area contributed by atoms with E-state index in [1.54, 1.807) is 6.07 Å². The van der Waals surface area contributed by atoms with Gasteiger partial charge in [0.2, 0.25) is 0 Å². The predicted octanol–water partition coefficient (Wildman–Crippen LogP) is 2.11. The Bertz CT molecular complexity index is 605. The summed E-state index contributed by atoms with van der Waals surface area (Å²) in [7, 11) is 0. The Labute approximate surface area is 118 Å². The van der Waals surface area contributed by atoms with Crippen molar-refractivity contribution in [1.82, 2.24) is 15.6 Å². The van der Waals surface area contributed by atoms with Crippen LogP contribution in [0.2, 0.25) is 0 Å². The molecule has 0 radical (unpaired) electrons. The summed E-state index contributed by atoms with van der Waals surface area (Å²) < 4.78 is 0. The molecule has 1 aromatic carbocycles. The summed E-state index contributed by atoms with van der Waals surface area (Å²) in [6, 6.07) is 12.1. The van der Waals surface area contributed by atoms with Gasteiger partial charge in [0.15, 0.2) is 0 Å². The quantitative estimate of drug-likeness (QED) is 0.893. The van der Waals surface area contributed by atoms with Crippen molar-refractivity contribution in [3.63, 3.8) is 0 Å². The highest BCUT2D eigenvalue weighted by atomic mass is 16.1. The lowest BCUT2D eigenvalue weighted by molar-refractivity contribution is 0.0947. The number of pyridine rings is 1. The Hall–Kier alpha value is -1.94. The van der Waals surface area contributed by atoms with E-state index in [9.17, 15) is 4.79 Å². The molecule has 0 spiro atoms. The molecule has 2 N–H and O–H groups in total. The first-order valence-corrected chi connectivity index (χ1v) is 7.20. The van der Waals surface area contributed by atoms with E-state index in [0.717, 1.165) is 23.9 Å². The standard InChI is InChI=1S/C16H19N3O/c20-16(18-11-9-13-5-3-10-17-13)15-8-7-12-4-1-2-6-14(12)19-15/h1-2,4,6-8,13,17H,3,5,9-11H2,(H,18,20)/t13-/m0/s1. The minimum atomic E-state index is -0.0891. The van der Waals surface area contributed by atoms with Gasteiger partial charge >= 0.3 is 0 Å². The van der Waals surface area contributed by atoms with Crippen molar-refractivity contribution in [2.45, 2.75) is 25.3 Å². The number of carbonyl (C=O) groups excluding carboxylic acids is 1. The van der Waals surface area contributed by atoms with Gasteiger partial charge in [0.1, 0.15) is 5.69 Å². The normalized spacial score (nSPS) is 18.3. The molecule has 0 bridgehead atoms. The van der Waals surface area contributed by atoms with Gasteiger partial charge in [-0.05, 0) is 37.9 Å². The molecule has 20 heavy (non-hydrogen) atoms. The smallest absolute Gasteiger partial charge is 0.269 e. The van der Waals surface area contributed by atoms with E-state index in [2.05, 4.69) is 15.6 Å². The number of nitrogens with one attached hydrogen (secondary N) is 2. The van der Waals surface area contributed by atoms with Crippen LogP contribution in [0.1, 0.15) is 29.8 Å². The Morgan fingerprint density at radius 1 is 1.30 bits per heavy atom. The molecule has 2 heterocycles. The highest BCUT2D eigenvalue weighted by Crippen LogP contribution is 2.12. The van der Waals surface area contributed by atoms with Crippen LogP contribution >= 0.6 is 0 Å². The monoisotopic (exact) mass is 269 g/mol. The third-order valence-corrected chi connectivity index (χ3v) is 3.77. The van der Waals surface area contributed by atoms with Crippen molar-refractivity contribution in [3.8, 4) is 0 Å². The molecule has 4 heteroatoms. The van der Waals surface area contributed by atoms with Crippen molar-refractivity contribution >= 4 is 16.8 Å². The Balaban J connectivity index is 1.60. The maximum Gasteiger partial charge on any atom is 0.269 e. The minimum absolute atomic E-state index is 0.0891. The number of aromatic nitrogens is 1. The van der Waals surface area contributed by atoms with Gasteiger partial charge in [0, 0.05) is 18.0 Å². The molecule has 1 saturated heterocycles. The first-order chi connectivity index (χ1) is 9.83. The first kappa shape index (κ1) is 13.1. The topological polar surface area (TPSA) is 54.0 Å². The second-order valence-corrected chi connectivity index (χ2v) is 5.23. The van der Waals surface area contributed by atoms with Crippen molar-refractivity contribution in [2.75, 3.05) is 13.1 Å². The SMILES string of the molecule is O=C(NCC[C@@H]1CCCN1)c1ccc2ccccc2n1. The van der Waals surface area contributed by atoms with Crippen LogP contribution in [0.5, 0.6) is 0 Å². The van der Waals surface area contributed by atoms with E-state index in [4.69, 9.17) is 0 Å². The van der Waals surface area contributed by atoms with Crippen LogP contribution < -0.4 is 10.6 Å². The average Bonchev–Trinajstić information content (AvgIpc) is 3.00. The molecule has 3 rings (SSSR count). The van der Waals surface area contributed by atoms with Crippen LogP contribution in [0.25, 0.3) is 10.9 Å². The molecule has 0 saturated carbocycles. The fourth-order valence-corrected chi connectivity index (χ4v) is 2.65. The third kappa shape index (κ3) is 2.96. The molecule has 104 valence electrons. The summed E-state index contributed by atoms with van der Waals surface area (Å²) in [5.74, 6) is -0.0891. The van der Waals surface area contributed by atoms with E-state index < -0.39 is 0 Å². The molecule has 0 unspecified atom stereocenters. The van der Waals surface area contributed by atoms with Crippen LogP contribution in [0.4, 0.5) is 0 Å². The molecule has 1 amide bonds. The lowest BCUT2D eigenvalue weighted by Crippen LogP contribution is -2.31. The van der Waals surface area contributed by atoms with Crippen LogP contribution in [0.3, 0.4) is 0 Å². The molecule has 0 aliphatic carbocycles. The lowest BCUT2D eigenvalue weighted by Gasteiger charge is -2.10. The molecule has 1 aromatic heterocycles. The second-order valence-electron chi connectivity index (χ2n) is 5.23. The summed E-state index contributed by atoms with van der Waals surface area (Å²) in [4.78, 5) is 16.5. The van der Waals surface area contributed by atoms with Crippen LogP contribution in [0, 0.1) is 0 Å². The molecule has 1 atom stereocenters. The zero-order valence-electron chi connectivity index (χ0n) is 11.4. The summed E-state index contributed by atoms with van der Waals surface area (Å²) in [5, 5.41) is 7.43. The van der Waals surface area contributed by atoms with Crippen LogP contribution in [-0.2, 0) is 0 Å². The largest absolute Gasteiger partial charge is 0.351 e. The summed E-state index contributed by atoms with van der Waals surface area (Å²) >= 11 is 0. The highest BCUT2D eigenvalue weighted by Gasteiger charge is 2.14. The number of amides is 1. The van der Waals surface area contributed by atoms with E-state index >= 15 is 0 Å². The average molecular weight is 269 g/mol. The zero-order valence-corrected chi connectivity index (χ0v) is 11.4. The van der Waals surface area contributed by atoms with Gasteiger partial charge in [0.25, 0.3) is 5.91 Å². The number of carbonyl (C=O) groups is 1. The van der Waals surface area contributed by atoms with Gasteiger partial charge in [-0.2, -0.15) is 0 Å². The molecule has 1 aliphatic heterocycles. The fraction of sp³-hybridized carbons (Fsp3) is 0.375. The zero-order chi connectivity index (χ0) is 13.8. The van der Waals surface area contributed by atoms with Gasteiger partial charge in [-0.15, -0.1) is 0 Å². The van der Waals surface area contributed by atoms with Crippen LogP contribution in [-0.4, -0.2) is 30.0 Å². The van der Waals surface area contributed by atoms with Gasteiger partial charge in [-0.1, -0.05) is 24.3 Å². The van der Waals surface area contributed by atoms with Gasteiger partial charge in [-0.3, -0.25) is 4.79 Å². The van der Waals surface area contributed by atoms with Crippen molar-refractivity contribution in [1.29, 1.82) is 0 Å². The molecule has 1 fully saturated rings. The maximum absolute atomic E-state index is 12.1. The molecular formula is C16H19N3O.